The third kappa shape index (κ3) is 2.50. The van der Waals surface area contributed by atoms with Crippen LogP contribution in [-0.4, -0.2) is 32.9 Å². The second kappa shape index (κ2) is 5.96. The van der Waals surface area contributed by atoms with E-state index in [0.29, 0.717) is 13.0 Å². The zero-order valence-corrected chi connectivity index (χ0v) is 13.4. The Labute approximate surface area is 139 Å². The smallest absolute Gasteiger partial charge is 0.224 e. The Hall–Kier alpha value is -2.89. The van der Waals surface area contributed by atoms with Gasteiger partial charge in [0.25, 0.3) is 0 Å². The summed E-state index contributed by atoms with van der Waals surface area (Å²) in [6, 6.07) is 15.6. The number of methoxy groups -OCH3 is 1. The van der Waals surface area contributed by atoms with Crippen molar-refractivity contribution in [1.29, 1.82) is 0 Å². The monoisotopic (exact) mass is 322 g/mol. The minimum Gasteiger partial charge on any atom is -0.497 e. The number of aromatic nitrogens is 3. The first-order chi connectivity index (χ1) is 11.8. The number of nitrogens with zero attached hydrogens (tertiary/aromatic N) is 4. The lowest BCUT2D eigenvalue weighted by Gasteiger charge is -2.25. The minimum atomic E-state index is -0.0907. The summed E-state index contributed by atoms with van der Waals surface area (Å²) in [6.07, 6.45) is 1.20. The van der Waals surface area contributed by atoms with Gasteiger partial charge in [-0.2, -0.15) is 0 Å². The molecule has 0 radical (unpaired) electrons. The number of hydrogen-bond donors (Lipinski definition) is 0. The Morgan fingerprint density at radius 2 is 1.96 bits per heavy atom. The van der Waals surface area contributed by atoms with Crippen LogP contribution < -0.4 is 4.74 Å². The first-order valence-electron chi connectivity index (χ1n) is 7.98. The second-order valence-corrected chi connectivity index (χ2v) is 5.91. The molecule has 3 aromatic rings. The number of ether oxygens (including phenoxy) is 1. The van der Waals surface area contributed by atoms with Crippen LogP contribution in [0, 0.1) is 0 Å². The summed E-state index contributed by atoms with van der Waals surface area (Å²) in [5.41, 5.74) is 2.87. The summed E-state index contributed by atoms with van der Waals surface area (Å²) in [4.78, 5) is 14.3. The highest BCUT2D eigenvalue weighted by atomic mass is 16.5. The van der Waals surface area contributed by atoms with E-state index in [-0.39, 0.29) is 12.1 Å². The molecule has 0 saturated carbocycles. The molecule has 1 unspecified atom stereocenters. The van der Waals surface area contributed by atoms with Gasteiger partial charge in [-0.15, -0.1) is 5.10 Å². The third-order valence-corrected chi connectivity index (χ3v) is 4.47. The SMILES string of the molecule is COc1ccc(CN2C(=O)CCC2n2nnc3ccccc32)cc1. The molecule has 4 rings (SSSR count). The fraction of sp³-hybridized carbons (Fsp3) is 0.278. The molecule has 1 aliphatic rings. The summed E-state index contributed by atoms with van der Waals surface area (Å²) in [7, 11) is 1.64. The van der Waals surface area contributed by atoms with Gasteiger partial charge in [-0.05, 0) is 36.2 Å². The zero-order valence-electron chi connectivity index (χ0n) is 13.4. The summed E-state index contributed by atoms with van der Waals surface area (Å²) in [5.74, 6) is 0.959. The van der Waals surface area contributed by atoms with E-state index in [4.69, 9.17) is 4.74 Å². The molecule has 1 aromatic heterocycles. The van der Waals surface area contributed by atoms with E-state index in [1.165, 1.54) is 0 Å². The Balaban J connectivity index is 1.64. The van der Waals surface area contributed by atoms with Gasteiger partial charge >= 0.3 is 0 Å². The molecule has 0 aliphatic carbocycles. The average molecular weight is 322 g/mol. The lowest BCUT2D eigenvalue weighted by atomic mass is 10.2. The predicted octanol–water partition coefficient (Wildman–Crippen LogP) is 2.76. The number of rotatable bonds is 4. The molecule has 122 valence electrons. The van der Waals surface area contributed by atoms with Gasteiger partial charge in [0.15, 0.2) is 0 Å². The van der Waals surface area contributed by atoms with Crippen molar-refractivity contribution < 1.29 is 9.53 Å². The van der Waals surface area contributed by atoms with Crippen molar-refractivity contribution in [2.45, 2.75) is 25.6 Å². The Morgan fingerprint density at radius 3 is 2.75 bits per heavy atom. The molecular weight excluding hydrogens is 304 g/mol. The predicted molar refractivity (Wildman–Crippen MR) is 89.3 cm³/mol. The standard InChI is InChI=1S/C18H18N4O2/c1-24-14-8-6-13(7-9-14)12-21-17(10-11-18(21)23)22-16-5-3-2-4-15(16)19-20-22/h2-9,17H,10-12H2,1H3. The van der Waals surface area contributed by atoms with Crippen molar-refractivity contribution in [3.05, 3.63) is 54.1 Å². The maximum atomic E-state index is 12.4. The minimum absolute atomic E-state index is 0.0907. The first kappa shape index (κ1) is 14.7. The molecule has 1 amide bonds. The molecule has 1 saturated heterocycles. The molecule has 24 heavy (non-hydrogen) atoms. The number of hydrogen-bond acceptors (Lipinski definition) is 4. The zero-order chi connectivity index (χ0) is 16.5. The van der Waals surface area contributed by atoms with Crippen molar-refractivity contribution in [1.82, 2.24) is 19.9 Å². The highest BCUT2D eigenvalue weighted by molar-refractivity contribution is 5.79. The Bertz CT molecular complexity index is 872. The average Bonchev–Trinajstić information content (AvgIpc) is 3.20. The van der Waals surface area contributed by atoms with Crippen molar-refractivity contribution in [2.24, 2.45) is 0 Å². The van der Waals surface area contributed by atoms with Gasteiger partial charge in [0.05, 0.1) is 12.6 Å². The van der Waals surface area contributed by atoms with Gasteiger partial charge in [0.2, 0.25) is 5.91 Å². The molecule has 1 atom stereocenters. The number of carbonyl (C=O) groups is 1. The first-order valence-corrected chi connectivity index (χ1v) is 7.98. The van der Waals surface area contributed by atoms with Crippen LogP contribution in [0.4, 0.5) is 0 Å². The molecule has 6 nitrogen and oxygen atoms in total. The summed E-state index contributed by atoms with van der Waals surface area (Å²) in [6.45, 7) is 0.557. The van der Waals surface area contributed by atoms with Gasteiger partial charge in [-0.1, -0.05) is 29.5 Å². The largest absolute Gasteiger partial charge is 0.497 e. The van der Waals surface area contributed by atoms with Crippen molar-refractivity contribution in [3.63, 3.8) is 0 Å². The Morgan fingerprint density at radius 1 is 1.17 bits per heavy atom. The van der Waals surface area contributed by atoms with Crippen LogP contribution in [0.25, 0.3) is 11.0 Å². The maximum Gasteiger partial charge on any atom is 0.224 e. The van der Waals surface area contributed by atoms with Gasteiger partial charge in [0, 0.05) is 13.0 Å². The molecule has 0 spiro atoms. The van der Waals surface area contributed by atoms with Crippen LogP contribution in [0.5, 0.6) is 5.75 Å². The van der Waals surface area contributed by atoms with Crippen molar-refractivity contribution in [2.75, 3.05) is 7.11 Å². The Kier molecular flexibility index (Phi) is 3.65. The molecule has 0 bridgehead atoms. The summed E-state index contributed by atoms with van der Waals surface area (Å²) >= 11 is 0. The number of benzene rings is 2. The van der Waals surface area contributed by atoms with Crippen LogP contribution in [0.1, 0.15) is 24.6 Å². The number of carbonyl (C=O) groups excluding carboxylic acids is 1. The van der Waals surface area contributed by atoms with E-state index in [0.717, 1.165) is 28.8 Å². The van der Waals surface area contributed by atoms with Crippen LogP contribution in [0.15, 0.2) is 48.5 Å². The highest BCUT2D eigenvalue weighted by Crippen LogP contribution is 2.31. The summed E-state index contributed by atoms with van der Waals surface area (Å²) in [5, 5.41) is 8.49. The van der Waals surface area contributed by atoms with E-state index in [2.05, 4.69) is 10.3 Å². The topological polar surface area (TPSA) is 60.2 Å². The van der Waals surface area contributed by atoms with Crippen LogP contribution >= 0.6 is 0 Å². The van der Waals surface area contributed by atoms with Gasteiger partial charge in [-0.25, -0.2) is 4.68 Å². The number of amides is 1. The summed E-state index contributed by atoms with van der Waals surface area (Å²) < 4.78 is 7.05. The van der Waals surface area contributed by atoms with Crippen molar-refractivity contribution in [3.8, 4) is 5.75 Å². The number of para-hydroxylation sites is 1. The molecule has 2 aromatic carbocycles. The molecule has 2 heterocycles. The fourth-order valence-electron chi connectivity index (χ4n) is 3.20. The molecule has 0 N–H and O–H groups in total. The van der Waals surface area contributed by atoms with Crippen LogP contribution in [0.2, 0.25) is 0 Å². The fourth-order valence-corrected chi connectivity index (χ4v) is 3.20. The maximum absolute atomic E-state index is 12.4. The molecular formula is C18H18N4O2. The highest BCUT2D eigenvalue weighted by Gasteiger charge is 2.33. The van der Waals surface area contributed by atoms with Crippen LogP contribution in [-0.2, 0) is 11.3 Å². The number of likely N-dealkylation sites (tertiary alicyclic amines) is 1. The number of fused-ring (bicyclic) bond motifs is 1. The lowest BCUT2D eigenvalue weighted by molar-refractivity contribution is -0.130. The lowest BCUT2D eigenvalue weighted by Crippen LogP contribution is -2.31. The second-order valence-electron chi connectivity index (χ2n) is 5.91. The van der Waals surface area contributed by atoms with Crippen LogP contribution in [0.3, 0.4) is 0 Å². The van der Waals surface area contributed by atoms with Gasteiger partial charge in [0.1, 0.15) is 17.4 Å². The van der Waals surface area contributed by atoms with Crippen molar-refractivity contribution >= 4 is 16.9 Å². The molecule has 1 aliphatic heterocycles. The van der Waals surface area contributed by atoms with Gasteiger partial charge in [-0.3, -0.25) is 4.79 Å². The quantitative estimate of drug-likeness (QED) is 0.741. The normalized spacial score (nSPS) is 17.6. The van der Waals surface area contributed by atoms with E-state index >= 15 is 0 Å². The van der Waals surface area contributed by atoms with E-state index in [1.54, 1.807) is 7.11 Å². The molecule has 6 heteroatoms. The van der Waals surface area contributed by atoms with E-state index < -0.39 is 0 Å². The van der Waals surface area contributed by atoms with Gasteiger partial charge < -0.3 is 9.64 Å². The van der Waals surface area contributed by atoms with E-state index in [1.807, 2.05) is 58.1 Å². The van der Waals surface area contributed by atoms with E-state index in [9.17, 15) is 4.79 Å². The third-order valence-electron chi connectivity index (χ3n) is 4.47. The molecule has 1 fully saturated rings.